The van der Waals surface area contributed by atoms with Gasteiger partial charge in [0, 0.05) is 30.1 Å². The third kappa shape index (κ3) is 5.01. The minimum Gasteiger partial charge on any atom is -0.406 e. The Labute approximate surface area is 159 Å². The molecule has 1 fully saturated rings. The van der Waals surface area contributed by atoms with E-state index in [2.05, 4.69) is 9.46 Å². The highest BCUT2D eigenvalue weighted by Gasteiger charge is 2.36. The molecule has 1 aromatic heterocycles. The lowest BCUT2D eigenvalue weighted by atomic mass is 9.79. The number of halogens is 3. The highest BCUT2D eigenvalue weighted by Crippen LogP contribution is 2.37. The van der Waals surface area contributed by atoms with E-state index in [0.717, 1.165) is 29.1 Å². The monoisotopic (exact) mass is 421 g/mol. The molecule has 5 nitrogen and oxygen atoms in total. The predicted octanol–water partition coefficient (Wildman–Crippen LogP) is 3.67. The molecule has 1 aliphatic rings. The van der Waals surface area contributed by atoms with Crippen molar-refractivity contribution in [3.8, 4) is 5.75 Å². The minimum absolute atomic E-state index is 0.120. The van der Waals surface area contributed by atoms with Crippen LogP contribution in [-0.2, 0) is 20.2 Å². The molecule has 0 bridgehead atoms. The van der Waals surface area contributed by atoms with Crippen LogP contribution in [-0.4, -0.2) is 34.5 Å². The molecule has 1 aliphatic heterocycles. The molecule has 10 heteroatoms. The molecule has 0 unspecified atom stereocenters. The van der Waals surface area contributed by atoms with Crippen LogP contribution in [0.15, 0.2) is 46.7 Å². The van der Waals surface area contributed by atoms with Crippen molar-refractivity contribution in [1.82, 2.24) is 4.72 Å². The summed E-state index contributed by atoms with van der Waals surface area (Å²) in [5.41, 5.74) is -0.348. The van der Waals surface area contributed by atoms with E-state index >= 15 is 0 Å². The van der Waals surface area contributed by atoms with Gasteiger partial charge in [-0.3, -0.25) is 0 Å². The summed E-state index contributed by atoms with van der Waals surface area (Å²) in [6.07, 6.45) is -3.45. The van der Waals surface area contributed by atoms with Crippen molar-refractivity contribution in [2.75, 3.05) is 19.8 Å². The topological polar surface area (TPSA) is 64.6 Å². The molecule has 0 atom stereocenters. The van der Waals surface area contributed by atoms with Gasteiger partial charge in [-0.15, -0.1) is 24.5 Å². The lowest BCUT2D eigenvalue weighted by Gasteiger charge is -2.36. The van der Waals surface area contributed by atoms with Crippen molar-refractivity contribution in [1.29, 1.82) is 0 Å². The SMILES string of the molecule is O=S(=O)(NCC1(c2cccs2)CCOCC1)c1ccc(OC(F)(F)F)cc1. The number of benzene rings is 1. The first-order chi connectivity index (χ1) is 12.7. The Kier molecular flexibility index (Phi) is 5.80. The van der Waals surface area contributed by atoms with Crippen molar-refractivity contribution in [3.05, 3.63) is 46.7 Å². The Morgan fingerprint density at radius 2 is 1.81 bits per heavy atom. The van der Waals surface area contributed by atoms with Gasteiger partial charge in [-0.2, -0.15) is 0 Å². The average Bonchev–Trinajstić information content (AvgIpc) is 3.15. The molecule has 1 saturated heterocycles. The molecule has 1 N–H and O–H groups in total. The number of hydrogen-bond donors (Lipinski definition) is 1. The zero-order chi connectivity index (χ0) is 19.5. The lowest BCUT2D eigenvalue weighted by Crippen LogP contribution is -2.44. The molecule has 0 saturated carbocycles. The van der Waals surface area contributed by atoms with Gasteiger partial charge in [0.05, 0.1) is 4.90 Å². The first-order valence-electron chi connectivity index (χ1n) is 8.17. The Bertz CT molecular complexity index is 843. The molecule has 0 spiro atoms. The molecule has 0 aliphatic carbocycles. The maximum atomic E-state index is 12.6. The molecule has 2 heterocycles. The number of hydrogen-bond acceptors (Lipinski definition) is 5. The van der Waals surface area contributed by atoms with Gasteiger partial charge in [0.1, 0.15) is 5.75 Å². The third-order valence-corrected chi connectivity index (χ3v) is 7.00. The van der Waals surface area contributed by atoms with Gasteiger partial charge in [0.2, 0.25) is 10.0 Å². The largest absolute Gasteiger partial charge is 0.573 e. The predicted molar refractivity (Wildman–Crippen MR) is 94.4 cm³/mol. The summed E-state index contributed by atoms with van der Waals surface area (Å²) in [5, 5.41) is 1.94. The summed E-state index contributed by atoms with van der Waals surface area (Å²) >= 11 is 1.57. The molecule has 1 aromatic carbocycles. The van der Waals surface area contributed by atoms with Crippen LogP contribution in [0.25, 0.3) is 0 Å². The zero-order valence-electron chi connectivity index (χ0n) is 14.2. The van der Waals surface area contributed by atoms with Gasteiger partial charge < -0.3 is 9.47 Å². The van der Waals surface area contributed by atoms with Crippen LogP contribution in [0.3, 0.4) is 0 Å². The number of rotatable bonds is 6. The molecule has 2 aromatic rings. The molecular weight excluding hydrogens is 403 g/mol. The third-order valence-electron chi connectivity index (χ3n) is 4.46. The van der Waals surface area contributed by atoms with Crippen molar-refractivity contribution in [2.24, 2.45) is 0 Å². The van der Waals surface area contributed by atoms with E-state index in [1.165, 1.54) is 0 Å². The van der Waals surface area contributed by atoms with Gasteiger partial charge in [0.15, 0.2) is 0 Å². The first kappa shape index (κ1) is 20.1. The summed E-state index contributed by atoms with van der Waals surface area (Å²) in [5.74, 6) is -0.471. The van der Waals surface area contributed by atoms with Gasteiger partial charge in [0.25, 0.3) is 0 Å². The van der Waals surface area contributed by atoms with Crippen LogP contribution in [0.5, 0.6) is 5.75 Å². The fourth-order valence-corrected chi connectivity index (χ4v) is 5.10. The second-order valence-electron chi connectivity index (χ2n) is 6.21. The van der Waals surface area contributed by atoms with Crippen LogP contribution in [0.4, 0.5) is 13.2 Å². The van der Waals surface area contributed by atoms with Gasteiger partial charge >= 0.3 is 6.36 Å². The minimum atomic E-state index is -4.82. The summed E-state index contributed by atoms with van der Waals surface area (Å²) in [4.78, 5) is 0.966. The molecule has 0 radical (unpaired) electrons. The van der Waals surface area contributed by atoms with E-state index in [0.29, 0.717) is 26.1 Å². The highest BCUT2D eigenvalue weighted by atomic mass is 32.2. The van der Waals surface area contributed by atoms with Gasteiger partial charge in [-0.1, -0.05) is 6.07 Å². The number of ether oxygens (including phenoxy) is 2. The molecular formula is C17H18F3NO4S2. The van der Waals surface area contributed by atoms with Crippen LogP contribution >= 0.6 is 11.3 Å². The summed E-state index contributed by atoms with van der Waals surface area (Å²) in [6.45, 7) is 1.28. The number of thiophene rings is 1. The summed E-state index contributed by atoms with van der Waals surface area (Å²) in [6, 6.07) is 8.03. The van der Waals surface area contributed by atoms with Crippen molar-refractivity contribution >= 4 is 21.4 Å². The highest BCUT2D eigenvalue weighted by molar-refractivity contribution is 7.89. The van der Waals surface area contributed by atoms with Gasteiger partial charge in [-0.05, 0) is 48.6 Å². The van der Waals surface area contributed by atoms with E-state index in [4.69, 9.17) is 4.74 Å². The van der Waals surface area contributed by atoms with Crippen molar-refractivity contribution < 1.29 is 31.1 Å². The fourth-order valence-electron chi connectivity index (χ4n) is 2.99. The lowest BCUT2D eigenvalue weighted by molar-refractivity contribution is -0.274. The van der Waals surface area contributed by atoms with Crippen LogP contribution in [0, 0.1) is 0 Å². The summed E-state index contributed by atoms with van der Waals surface area (Å²) in [7, 11) is -3.87. The Morgan fingerprint density at radius 1 is 1.15 bits per heavy atom. The maximum Gasteiger partial charge on any atom is 0.573 e. The zero-order valence-corrected chi connectivity index (χ0v) is 15.8. The second-order valence-corrected chi connectivity index (χ2v) is 8.93. The van der Waals surface area contributed by atoms with Crippen LogP contribution in [0.1, 0.15) is 17.7 Å². The number of nitrogens with one attached hydrogen (secondary N) is 1. The Hall–Kier alpha value is -1.62. The normalized spacial score (nSPS) is 17.6. The fraction of sp³-hybridized carbons (Fsp3) is 0.412. The van der Waals surface area contributed by atoms with E-state index in [1.54, 1.807) is 11.3 Å². The standard InChI is InChI=1S/C17H18F3NO4S2/c18-17(19,20)25-13-3-5-14(6-4-13)27(22,23)21-12-16(7-9-24-10-8-16)15-2-1-11-26-15/h1-6,11,21H,7-10,12H2. The molecule has 0 amide bonds. The maximum absolute atomic E-state index is 12.6. The molecule has 148 valence electrons. The van der Waals surface area contributed by atoms with E-state index in [9.17, 15) is 21.6 Å². The van der Waals surface area contributed by atoms with Crippen LogP contribution < -0.4 is 9.46 Å². The Balaban J connectivity index is 1.73. The number of sulfonamides is 1. The van der Waals surface area contributed by atoms with E-state index in [-0.39, 0.29) is 16.9 Å². The second kappa shape index (κ2) is 7.78. The quantitative estimate of drug-likeness (QED) is 0.773. The van der Waals surface area contributed by atoms with Crippen molar-refractivity contribution in [3.63, 3.8) is 0 Å². The smallest absolute Gasteiger partial charge is 0.406 e. The van der Waals surface area contributed by atoms with Gasteiger partial charge in [-0.25, -0.2) is 13.1 Å². The first-order valence-corrected chi connectivity index (χ1v) is 10.5. The Morgan fingerprint density at radius 3 is 2.37 bits per heavy atom. The van der Waals surface area contributed by atoms with Crippen LogP contribution in [0.2, 0.25) is 0 Å². The number of alkyl halides is 3. The average molecular weight is 421 g/mol. The molecule has 3 rings (SSSR count). The van der Waals surface area contributed by atoms with Crippen molar-refractivity contribution in [2.45, 2.75) is 29.5 Å². The van der Waals surface area contributed by atoms with E-state index in [1.807, 2.05) is 17.5 Å². The van der Waals surface area contributed by atoms with E-state index < -0.39 is 22.1 Å². The molecule has 27 heavy (non-hydrogen) atoms. The summed E-state index contributed by atoms with van der Waals surface area (Å²) < 4.78 is 73.6.